The zero-order valence-corrected chi connectivity index (χ0v) is 18.1. The second-order valence-electron chi connectivity index (χ2n) is 7.73. The van der Waals surface area contributed by atoms with Crippen LogP contribution in [-0.4, -0.2) is 42.2 Å². The van der Waals surface area contributed by atoms with E-state index in [-0.39, 0.29) is 18.6 Å². The van der Waals surface area contributed by atoms with Gasteiger partial charge in [-0.2, -0.15) is 4.99 Å². The van der Waals surface area contributed by atoms with Crippen LogP contribution in [0.15, 0.2) is 34.1 Å². The SMILES string of the molecule is CCn1c(=O)c(CC(=O)OC)cc2ccc(OCCC(N=C=O)OC(C)(C)C)cc21. The maximum atomic E-state index is 12.7. The molecule has 1 aromatic heterocycles. The molecule has 2 rings (SSSR count). The molecule has 1 aromatic carbocycles. The number of benzene rings is 1. The van der Waals surface area contributed by atoms with E-state index in [1.165, 1.54) is 13.2 Å². The van der Waals surface area contributed by atoms with Gasteiger partial charge in [0, 0.05) is 24.6 Å². The van der Waals surface area contributed by atoms with Gasteiger partial charge < -0.3 is 18.8 Å². The van der Waals surface area contributed by atoms with Crippen molar-refractivity contribution in [2.75, 3.05) is 13.7 Å². The highest BCUT2D eigenvalue weighted by Gasteiger charge is 2.18. The molecule has 2 aromatic rings. The number of aliphatic imine (C=N–C) groups is 1. The summed E-state index contributed by atoms with van der Waals surface area (Å²) in [4.78, 5) is 38.6. The Morgan fingerprint density at radius 3 is 2.60 bits per heavy atom. The Morgan fingerprint density at radius 1 is 1.27 bits per heavy atom. The maximum absolute atomic E-state index is 12.7. The lowest BCUT2D eigenvalue weighted by atomic mass is 10.1. The van der Waals surface area contributed by atoms with Crippen LogP contribution in [-0.2, 0) is 32.0 Å². The molecule has 0 amide bonds. The number of hydrogen-bond donors (Lipinski definition) is 0. The Morgan fingerprint density at radius 2 is 2.00 bits per heavy atom. The van der Waals surface area contributed by atoms with Crippen LogP contribution in [0.4, 0.5) is 0 Å². The number of nitrogens with zero attached hydrogens (tertiary/aromatic N) is 2. The lowest BCUT2D eigenvalue weighted by molar-refractivity contribution is -0.139. The van der Waals surface area contributed by atoms with Crippen LogP contribution in [0.2, 0.25) is 0 Å². The number of esters is 1. The van der Waals surface area contributed by atoms with E-state index >= 15 is 0 Å². The molecule has 0 spiro atoms. The number of aryl methyl sites for hydroxylation is 1. The molecule has 0 aliphatic rings. The number of methoxy groups -OCH3 is 1. The molecule has 8 heteroatoms. The Kier molecular flexibility index (Phi) is 7.92. The van der Waals surface area contributed by atoms with Gasteiger partial charge in [0.25, 0.3) is 5.56 Å². The lowest BCUT2D eigenvalue weighted by Gasteiger charge is -2.24. The highest BCUT2D eigenvalue weighted by atomic mass is 16.5. The molecule has 1 heterocycles. The summed E-state index contributed by atoms with van der Waals surface area (Å²) in [6.45, 7) is 8.22. The number of rotatable bonds is 9. The molecular weight excluding hydrogens is 388 g/mol. The summed E-state index contributed by atoms with van der Waals surface area (Å²) in [5, 5.41) is 0.821. The van der Waals surface area contributed by atoms with Gasteiger partial charge in [0.15, 0.2) is 6.23 Å². The lowest BCUT2D eigenvalue weighted by Crippen LogP contribution is -2.27. The van der Waals surface area contributed by atoms with Gasteiger partial charge in [0.1, 0.15) is 5.75 Å². The topological polar surface area (TPSA) is 96.2 Å². The van der Waals surface area contributed by atoms with Crippen molar-refractivity contribution >= 4 is 23.0 Å². The van der Waals surface area contributed by atoms with Gasteiger partial charge in [-0.1, -0.05) is 0 Å². The van der Waals surface area contributed by atoms with E-state index in [2.05, 4.69) is 9.73 Å². The summed E-state index contributed by atoms with van der Waals surface area (Å²) >= 11 is 0. The molecule has 1 atom stereocenters. The van der Waals surface area contributed by atoms with E-state index in [1.54, 1.807) is 22.8 Å². The number of carbonyl (C=O) groups is 1. The molecule has 0 aliphatic carbocycles. The summed E-state index contributed by atoms with van der Waals surface area (Å²) in [5.41, 5.74) is 0.417. The van der Waals surface area contributed by atoms with Crippen molar-refractivity contribution in [1.29, 1.82) is 0 Å². The maximum Gasteiger partial charge on any atom is 0.310 e. The number of hydrogen-bond acceptors (Lipinski definition) is 7. The predicted octanol–water partition coefficient (Wildman–Crippen LogP) is 2.98. The van der Waals surface area contributed by atoms with E-state index in [4.69, 9.17) is 9.47 Å². The van der Waals surface area contributed by atoms with Gasteiger partial charge in [-0.15, -0.1) is 0 Å². The Labute approximate surface area is 175 Å². The molecule has 0 saturated heterocycles. The number of fused-ring (bicyclic) bond motifs is 1. The van der Waals surface area contributed by atoms with Gasteiger partial charge in [-0.3, -0.25) is 9.59 Å². The largest absolute Gasteiger partial charge is 0.493 e. The molecule has 162 valence electrons. The van der Waals surface area contributed by atoms with Crippen LogP contribution in [0.1, 0.15) is 39.7 Å². The van der Waals surface area contributed by atoms with Crippen molar-refractivity contribution < 1.29 is 23.8 Å². The van der Waals surface area contributed by atoms with E-state index in [9.17, 15) is 14.4 Å². The fourth-order valence-corrected chi connectivity index (χ4v) is 3.06. The fraction of sp³-hybridized carbons (Fsp3) is 0.500. The molecule has 0 saturated carbocycles. The highest BCUT2D eigenvalue weighted by molar-refractivity contribution is 5.82. The van der Waals surface area contributed by atoms with Crippen LogP contribution in [0.3, 0.4) is 0 Å². The van der Waals surface area contributed by atoms with Crippen LogP contribution in [0.25, 0.3) is 10.9 Å². The summed E-state index contributed by atoms with van der Waals surface area (Å²) in [7, 11) is 1.29. The van der Waals surface area contributed by atoms with E-state index in [1.807, 2.05) is 33.8 Å². The smallest absolute Gasteiger partial charge is 0.310 e. The molecular formula is C22H28N2O6. The third kappa shape index (κ3) is 6.27. The van der Waals surface area contributed by atoms with Crippen LogP contribution < -0.4 is 10.3 Å². The van der Waals surface area contributed by atoms with Crippen molar-refractivity contribution in [3.63, 3.8) is 0 Å². The number of isocyanates is 1. The number of ether oxygens (including phenoxy) is 3. The predicted molar refractivity (Wildman–Crippen MR) is 112 cm³/mol. The second kappa shape index (κ2) is 10.2. The number of carbonyl (C=O) groups excluding carboxylic acids is 2. The van der Waals surface area contributed by atoms with E-state index < -0.39 is 17.8 Å². The molecule has 0 fully saturated rings. The first-order valence-corrected chi connectivity index (χ1v) is 9.79. The third-order valence-electron chi connectivity index (χ3n) is 4.34. The first-order valence-electron chi connectivity index (χ1n) is 9.79. The monoisotopic (exact) mass is 416 g/mol. The van der Waals surface area contributed by atoms with E-state index in [0.29, 0.717) is 29.8 Å². The zero-order chi connectivity index (χ0) is 22.3. The Bertz CT molecular complexity index is 999. The summed E-state index contributed by atoms with van der Waals surface area (Å²) in [6, 6.07) is 7.11. The number of pyridine rings is 1. The minimum absolute atomic E-state index is 0.0735. The normalized spacial score (nSPS) is 12.3. The second-order valence-corrected chi connectivity index (χ2v) is 7.73. The quantitative estimate of drug-likeness (QED) is 0.354. The molecule has 0 N–H and O–H groups in total. The molecule has 0 radical (unpaired) electrons. The van der Waals surface area contributed by atoms with Gasteiger partial charge in [-0.05, 0) is 51.3 Å². The Balaban J connectivity index is 2.22. The fourth-order valence-electron chi connectivity index (χ4n) is 3.06. The zero-order valence-electron chi connectivity index (χ0n) is 18.1. The first-order chi connectivity index (χ1) is 14.2. The van der Waals surface area contributed by atoms with Crippen molar-refractivity contribution in [2.24, 2.45) is 4.99 Å². The number of aromatic nitrogens is 1. The molecule has 8 nitrogen and oxygen atoms in total. The summed E-state index contributed by atoms with van der Waals surface area (Å²) in [6.07, 6.45) is 1.19. The van der Waals surface area contributed by atoms with Gasteiger partial charge >= 0.3 is 5.97 Å². The first kappa shape index (κ1) is 23.3. The standard InChI is InChI=1S/C22H28N2O6/c1-6-24-18-13-17(29-10-9-19(23-14-25)30-22(2,3)4)8-7-15(18)11-16(21(24)27)12-20(26)28-5/h7-8,11,13,19H,6,9-10,12H2,1-5H3. The van der Waals surface area contributed by atoms with E-state index in [0.717, 1.165) is 5.39 Å². The van der Waals surface area contributed by atoms with Crippen molar-refractivity contribution in [3.8, 4) is 5.75 Å². The molecule has 0 bridgehead atoms. The molecule has 0 aliphatic heterocycles. The van der Waals surface area contributed by atoms with Crippen molar-refractivity contribution in [1.82, 2.24) is 4.57 Å². The van der Waals surface area contributed by atoms with Crippen LogP contribution in [0.5, 0.6) is 5.75 Å². The average Bonchev–Trinajstić information content (AvgIpc) is 2.67. The summed E-state index contributed by atoms with van der Waals surface area (Å²) < 4.78 is 17.8. The summed E-state index contributed by atoms with van der Waals surface area (Å²) in [5.74, 6) is 0.119. The Hall–Kier alpha value is -2.96. The molecule has 30 heavy (non-hydrogen) atoms. The third-order valence-corrected chi connectivity index (χ3v) is 4.34. The van der Waals surface area contributed by atoms with Crippen molar-refractivity contribution in [3.05, 3.63) is 40.2 Å². The van der Waals surface area contributed by atoms with Crippen LogP contribution >= 0.6 is 0 Å². The van der Waals surface area contributed by atoms with Gasteiger partial charge in [0.05, 0.1) is 31.3 Å². The minimum atomic E-state index is -0.641. The van der Waals surface area contributed by atoms with Crippen LogP contribution in [0, 0.1) is 0 Å². The van der Waals surface area contributed by atoms with Gasteiger partial charge in [-0.25, -0.2) is 4.79 Å². The highest BCUT2D eigenvalue weighted by Crippen LogP contribution is 2.22. The minimum Gasteiger partial charge on any atom is -0.493 e. The van der Waals surface area contributed by atoms with Crippen molar-refractivity contribution in [2.45, 2.75) is 58.9 Å². The van der Waals surface area contributed by atoms with Gasteiger partial charge in [0.2, 0.25) is 6.08 Å². The average molecular weight is 416 g/mol. The molecule has 1 unspecified atom stereocenters.